The van der Waals surface area contributed by atoms with E-state index in [2.05, 4.69) is 5.18 Å². The SMILES string of the molecule is C#CC1(N=O)CC(F)(F)C1. The van der Waals surface area contributed by atoms with Crippen LogP contribution in [0.5, 0.6) is 0 Å². The Bertz CT molecular complexity index is 198. The third-order valence-corrected chi connectivity index (χ3v) is 1.55. The first kappa shape index (κ1) is 7.13. The predicted octanol–water partition coefficient (Wildman–Crippen LogP) is 1.55. The molecule has 0 aliphatic heterocycles. The fourth-order valence-corrected chi connectivity index (χ4v) is 0.997. The standard InChI is InChI=1S/C6H5F2NO/c1-2-5(9-10)3-6(7,8)4-5/h1H,3-4H2. The Labute approximate surface area is 56.6 Å². The Balaban J connectivity index is 2.65. The summed E-state index contributed by atoms with van der Waals surface area (Å²) in [5, 5.41) is 2.47. The van der Waals surface area contributed by atoms with E-state index in [0.29, 0.717) is 0 Å². The molecule has 4 heteroatoms. The zero-order valence-electron chi connectivity index (χ0n) is 5.10. The van der Waals surface area contributed by atoms with Crippen LogP contribution >= 0.6 is 0 Å². The molecule has 1 rings (SSSR count). The molecule has 0 aromatic heterocycles. The van der Waals surface area contributed by atoms with Crippen molar-refractivity contribution < 1.29 is 8.78 Å². The van der Waals surface area contributed by atoms with Crippen molar-refractivity contribution in [2.24, 2.45) is 5.18 Å². The summed E-state index contributed by atoms with van der Waals surface area (Å²) in [6.45, 7) is 0. The van der Waals surface area contributed by atoms with E-state index in [9.17, 15) is 13.7 Å². The van der Waals surface area contributed by atoms with Gasteiger partial charge in [0.1, 0.15) is 0 Å². The molecule has 0 aromatic rings. The Hall–Kier alpha value is -0.980. The second kappa shape index (κ2) is 1.75. The third kappa shape index (κ3) is 0.878. The highest BCUT2D eigenvalue weighted by molar-refractivity contribution is 5.22. The Morgan fingerprint density at radius 1 is 1.50 bits per heavy atom. The molecule has 1 fully saturated rings. The molecular weight excluding hydrogens is 140 g/mol. The molecule has 0 amide bonds. The van der Waals surface area contributed by atoms with Crippen LogP contribution in [0.2, 0.25) is 0 Å². The molecule has 0 bridgehead atoms. The van der Waals surface area contributed by atoms with Crippen LogP contribution in [0.15, 0.2) is 5.18 Å². The Morgan fingerprint density at radius 2 is 2.00 bits per heavy atom. The summed E-state index contributed by atoms with van der Waals surface area (Å²) < 4.78 is 24.2. The molecule has 54 valence electrons. The Kier molecular flexibility index (Phi) is 1.25. The second-order valence-electron chi connectivity index (χ2n) is 2.48. The number of alkyl halides is 2. The van der Waals surface area contributed by atoms with Gasteiger partial charge in [-0.1, -0.05) is 5.92 Å². The topological polar surface area (TPSA) is 29.4 Å². The summed E-state index contributed by atoms with van der Waals surface area (Å²) in [6, 6.07) is 0. The van der Waals surface area contributed by atoms with E-state index in [1.54, 1.807) is 0 Å². The fourth-order valence-electron chi connectivity index (χ4n) is 0.997. The molecule has 0 saturated heterocycles. The number of nitrogens with zero attached hydrogens (tertiary/aromatic N) is 1. The highest BCUT2D eigenvalue weighted by atomic mass is 19.3. The minimum absolute atomic E-state index is 0.597. The molecule has 0 unspecified atom stereocenters. The number of terminal acetylenes is 1. The van der Waals surface area contributed by atoms with Crippen LogP contribution in [0.1, 0.15) is 12.8 Å². The monoisotopic (exact) mass is 145 g/mol. The van der Waals surface area contributed by atoms with Gasteiger partial charge in [-0.2, -0.15) is 0 Å². The van der Waals surface area contributed by atoms with Crippen molar-refractivity contribution >= 4 is 0 Å². The molecule has 0 spiro atoms. The van der Waals surface area contributed by atoms with Crippen molar-refractivity contribution in [2.45, 2.75) is 24.3 Å². The molecular formula is C6H5F2NO. The van der Waals surface area contributed by atoms with Gasteiger partial charge in [-0.15, -0.1) is 11.3 Å². The van der Waals surface area contributed by atoms with Crippen molar-refractivity contribution in [1.29, 1.82) is 0 Å². The molecule has 1 aliphatic rings. The molecule has 1 saturated carbocycles. The van der Waals surface area contributed by atoms with Gasteiger partial charge in [0, 0.05) is 0 Å². The molecule has 0 atom stereocenters. The maximum Gasteiger partial charge on any atom is 0.255 e. The van der Waals surface area contributed by atoms with E-state index >= 15 is 0 Å². The van der Waals surface area contributed by atoms with E-state index < -0.39 is 24.3 Å². The van der Waals surface area contributed by atoms with Crippen molar-refractivity contribution in [3.05, 3.63) is 4.91 Å². The zero-order chi connectivity index (χ0) is 7.83. The highest BCUT2D eigenvalue weighted by Crippen LogP contribution is 2.47. The van der Waals surface area contributed by atoms with Gasteiger partial charge >= 0.3 is 0 Å². The van der Waals surface area contributed by atoms with E-state index in [1.165, 1.54) is 0 Å². The van der Waals surface area contributed by atoms with Crippen LogP contribution in [0.4, 0.5) is 8.78 Å². The van der Waals surface area contributed by atoms with Crippen LogP contribution in [0, 0.1) is 17.3 Å². The lowest BCUT2D eigenvalue weighted by Crippen LogP contribution is -2.49. The lowest BCUT2D eigenvalue weighted by molar-refractivity contribution is -0.103. The largest absolute Gasteiger partial charge is 0.255 e. The number of halogens is 2. The molecule has 0 heterocycles. The highest BCUT2D eigenvalue weighted by Gasteiger charge is 2.57. The molecule has 1 aliphatic carbocycles. The van der Waals surface area contributed by atoms with Gasteiger partial charge in [0.25, 0.3) is 5.92 Å². The fraction of sp³-hybridized carbons (Fsp3) is 0.667. The van der Waals surface area contributed by atoms with Gasteiger partial charge in [-0.25, -0.2) is 8.78 Å². The maximum absolute atomic E-state index is 12.1. The van der Waals surface area contributed by atoms with Crippen molar-refractivity contribution in [3.63, 3.8) is 0 Å². The maximum atomic E-state index is 12.1. The molecule has 10 heavy (non-hydrogen) atoms. The minimum Gasteiger partial charge on any atom is -0.207 e. The lowest BCUT2D eigenvalue weighted by atomic mass is 9.75. The number of nitroso groups, excluding NO2 is 1. The summed E-state index contributed by atoms with van der Waals surface area (Å²) in [6.07, 6.45) is 3.63. The van der Waals surface area contributed by atoms with E-state index in [0.717, 1.165) is 0 Å². The van der Waals surface area contributed by atoms with Crippen molar-refractivity contribution in [3.8, 4) is 12.3 Å². The summed E-state index contributed by atoms with van der Waals surface area (Å²) >= 11 is 0. The summed E-state index contributed by atoms with van der Waals surface area (Å²) in [5.41, 5.74) is -1.41. The van der Waals surface area contributed by atoms with E-state index in [1.807, 2.05) is 5.92 Å². The van der Waals surface area contributed by atoms with Crippen LogP contribution in [-0.2, 0) is 0 Å². The first-order chi connectivity index (χ1) is 4.54. The van der Waals surface area contributed by atoms with Gasteiger partial charge in [-0.05, 0) is 5.18 Å². The van der Waals surface area contributed by atoms with Gasteiger partial charge < -0.3 is 0 Å². The van der Waals surface area contributed by atoms with Crippen LogP contribution in [0.3, 0.4) is 0 Å². The van der Waals surface area contributed by atoms with Crippen molar-refractivity contribution in [1.82, 2.24) is 0 Å². The quantitative estimate of drug-likeness (QED) is 0.406. The first-order valence-electron chi connectivity index (χ1n) is 2.74. The van der Waals surface area contributed by atoms with E-state index in [4.69, 9.17) is 6.42 Å². The first-order valence-corrected chi connectivity index (χ1v) is 2.74. The number of rotatable bonds is 1. The number of hydrogen-bond acceptors (Lipinski definition) is 2. The lowest BCUT2D eigenvalue weighted by Gasteiger charge is -2.37. The summed E-state index contributed by atoms with van der Waals surface area (Å²) in [4.78, 5) is 9.90. The van der Waals surface area contributed by atoms with Gasteiger partial charge in [0.05, 0.1) is 12.8 Å². The smallest absolute Gasteiger partial charge is 0.207 e. The molecule has 0 radical (unpaired) electrons. The molecule has 2 nitrogen and oxygen atoms in total. The predicted molar refractivity (Wildman–Crippen MR) is 31.5 cm³/mol. The third-order valence-electron chi connectivity index (χ3n) is 1.55. The minimum atomic E-state index is -2.78. The Morgan fingerprint density at radius 3 is 2.10 bits per heavy atom. The van der Waals surface area contributed by atoms with Crippen LogP contribution < -0.4 is 0 Å². The molecule has 0 aromatic carbocycles. The van der Waals surface area contributed by atoms with E-state index in [-0.39, 0.29) is 0 Å². The average Bonchev–Trinajstić information content (AvgIpc) is 1.82. The average molecular weight is 145 g/mol. The van der Waals surface area contributed by atoms with Crippen LogP contribution in [0.25, 0.3) is 0 Å². The summed E-state index contributed by atoms with van der Waals surface area (Å²) in [7, 11) is 0. The normalized spacial score (nSPS) is 26.1. The van der Waals surface area contributed by atoms with Crippen molar-refractivity contribution in [2.75, 3.05) is 0 Å². The summed E-state index contributed by atoms with van der Waals surface area (Å²) in [5.74, 6) is -0.816. The van der Waals surface area contributed by atoms with Gasteiger partial charge in [0.2, 0.25) is 0 Å². The van der Waals surface area contributed by atoms with Crippen LogP contribution in [-0.4, -0.2) is 11.5 Å². The second-order valence-corrected chi connectivity index (χ2v) is 2.48. The molecule has 0 N–H and O–H groups in total. The zero-order valence-corrected chi connectivity index (χ0v) is 5.10. The van der Waals surface area contributed by atoms with Gasteiger partial charge in [0.15, 0.2) is 5.54 Å². The number of hydrogen-bond donors (Lipinski definition) is 0. The van der Waals surface area contributed by atoms with Gasteiger partial charge in [-0.3, -0.25) is 0 Å².